The minimum absolute atomic E-state index is 0.0995. The maximum atomic E-state index is 13.0. The molecule has 35 heavy (non-hydrogen) atoms. The number of aromatic nitrogens is 3. The first-order chi connectivity index (χ1) is 16.9. The summed E-state index contributed by atoms with van der Waals surface area (Å²) in [6.07, 6.45) is 3.51. The Morgan fingerprint density at radius 2 is 1.83 bits per heavy atom. The van der Waals surface area contributed by atoms with Crippen molar-refractivity contribution in [2.45, 2.75) is 39.1 Å². The number of fused-ring (bicyclic) bond motifs is 8. The number of carbonyl (C=O) groups is 1. The van der Waals surface area contributed by atoms with Crippen LogP contribution in [-0.2, 0) is 17.8 Å². The van der Waals surface area contributed by atoms with Crippen LogP contribution in [0.4, 0.5) is 5.82 Å². The normalized spacial score (nSPS) is 17.3. The second-order valence-corrected chi connectivity index (χ2v) is 10.1. The molecule has 0 fully saturated rings. The van der Waals surface area contributed by atoms with Gasteiger partial charge in [0.25, 0.3) is 5.91 Å². The van der Waals surface area contributed by atoms with E-state index in [1.807, 2.05) is 49.0 Å². The molecule has 0 aliphatic carbocycles. The Hall–Kier alpha value is -3.49. The first-order valence-corrected chi connectivity index (χ1v) is 12.3. The second-order valence-electron chi connectivity index (χ2n) is 9.17. The van der Waals surface area contributed by atoms with Crippen molar-refractivity contribution < 1.29 is 9.53 Å². The SMILES string of the molecule is Cc1cc(N)nc(C)c1CNC(=O)c1ccc2c(c1)C1OC2c2cc(Cn3cc(Br)cn3)ccc21. The number of pyridine rings is 1. The molecule has 2 aliphatic heterocycles. The van der Waals surface area contributed by atoms with E-state index in [2.05, 4.69) is 49.5 Å². The molecule has 6 rings (SSSR count). The Bertz CT molecular complexity index is 1470. The zero-order valence-electron chi connectivity index (χ0n) is 19.4. The number of nitrogens with one attached hydrogen (secondary N) is 1. The maximum Gasteiger partial charge on any atom is 0.251 e. The predicted octanol–water partition coefficient (Wildman–Crippen LogP) is 4.74. The van der Waals surface area contributed by atoms with Gasteiger partial charge in [-0.2, -0.15) is 5.10 Å². The Kier molecular flexibility index (Phi) is 5.23. The first-order valence-electron chi connectivity index (χ1n) is 11.5. The quantitative estimate of drug-likeness (QED) is 0.389. The van der Waals surface area contributed by atoms with Gasteiger partial charge in [0.1, 0.15) is 18.0 Å². The Labute approximate surface area is 211 Å². The van der Waals surface area contributed by atoms with Gasteiger partial charge in [0.05, 0.1) is 17.2 Å². The number of ether oxygens (including phenoxy) is 1. The highest BCUT2D eigenvalue weighted by Gasteiger charge is 2.43. The number of benzene rings is 2. The molecule has 2 atom stereocenters. The van der Waals surface area contributed by atoms with Crippen molar-refractivity contribution >= 4 is 27.7 Å². The Balaban J connectivity index is 1.21. The highest BCUT2D eigenvalue weighted by atomic mass is 79.9. The van der Waals surface area contributed by atoms with Crippen LogP contribution < -0.4 is 11.1 Å². The molecule has 2 aromatic carbocycles. The zero-order chi connectivity index (χ0) is 24.3. The Morgan fingerprint density at radius 3 is 2.54 bits per heavy atom. The molecule has 2 aliphatic rings. The number of halogens is 1. The van der Waals surface area contributed by atoms with Crippen LogP contribution in [-0.4, -0.2) is 20.7 Å². The molecule has 2 aromatic heterocycles. The summed E-state index contributed by atoms with van der Waals surface area (Å²) >= 11 is 3.45. The zero-order valence-corrected chi connectivity index (χ0v) is 21.0. The molecule has 4 heterocycles. The fourth-order valence-corrected chi connectivity index (χ4v) is 5.50. The number of anilines is 1. The van der Waals surface area contributed by atoms with Gasteiger partial charge in [-0.15, -0.1) is 0 Å². The molecule has 2 unspecified atom stereocenters. The van der Waals surface area contributed by atoms with Crippen molar-refractivity contribution in [2.24, 2.45) is 0 Å². The van der Waals surface area contributed by atoms with Gasteiger partial charge in [-0.3, -0.25) is 9.48 Å². The summed E-state index contributed by atoms with van der Waals surface area (Å²) in [5.74, 6) is 0.373. The van der Waals surface area contributed by atoms with Gasteiger partial charge in [-0.25, -0.2) is 4.98 Å². The monoisotopic (exact) mass is 529 g/mol. The summed E-state index contributed by atoms with van der Waals surface area (Å²) in [4.78, 5) is 17.3. The third-order valence-corrected chi connectivity index (χ3v) is 7.26. The number of amides is 1. The van der Waals surface area contributed by atoms with Crippen molar-refractivity contribution in [3.8, 4) is 0 Å². The Morgan fingerprint density at radius 1 is 1.09 bits per heavy atom. The summed E-state index contributed by atoms with van der Waals surface area (Å²) in [7, 11) is 0. The van der Waals surface area contributed by atoms with E-state index in [0.717, 1.165) is 32.4 Å². The maximum absolute atomic E-state index is 13.0. The van der Waals surface area contributed by atoms with Gasteiger partial charge in [-0.05, 0) is 86.9 Å². The number of rotatable bonds is 5. The number of nitrogen functional groups attached to an aromatic ring is 1. The lowest BCUT2D eigenvalue weighted by Gasteiger charge is -2.18. The molecular formula is C27H24BrN5O2. The number of nitrogens with two attached hydrogens (primary N) is 1. The molecule has 0 saturated carbocycles. The number of hydrogen-bond acceptors (Lipinski definition) is 5. The average Bonchev–Trinajstić information content (AvgIpc) is 3.51. The highest BCUT2D eigenvalue weighted by Crippen LogP contribution is 2.54. The fourth-order valence-electron chi connectivity index (χ4n) is 5.17. The van der Waals surface area contributed by atoms with Crippen LogP contribution >= 0.6 is 15.9 Å². The molecule has 7 nitrogen and oxygen atoms in total. The van der Waals surface area contributed by atoms with E-state index in [9.17, 15) is 4.79 Å². The van der Waals surface area contributed by atoms with Crippen molar-refractivity contribution in [3.63, 3.8) is 0 Å². The van der Waals surface area contributed by atoms with Gasteiger partial charge in [-0.1, -0.05) is 24.3 Å². The van der Waals surface area contributed by atoms with Crippen molar-refractivity contribution in [1.82, 2.24) is 20.1 Å². The van der Waals surface area contributed by atoms with Gasteiger partial charge in [0, 0.05) is 24.0 Å². The van der Waals surface area contributed by atoms with Crippen molar-refractivity contribution in [2.75, 3.05) is 5.73 Å². The largest absolute Gasteiger partial charge is 0.384 e. The minimum atomic E-state index is -0.142. The summed E-state index contributed by atoms with van der Waals surface area (Å²) in [5, 5.41) is 7.39. The standard InChI is InChI=1S/C27H24BrN5O2/c1-14-7-24(29)32-15(2)23(14)11-30-27(34)17-4-6-20-22(9-17)26-19-5-3-16(8-21(19)25(20)35-26)12-33-13-18(28)10-31-33/h3-10,13,25-26H,11-12H2,1-2H3,(H2,29,32)(H,30,34). The van der Waals surface area contributed by atoms with E-state index in [1.165, 1.54) is 16.7 Å². The van der Waals surface area contributed by atoms with Gasteiger partial charge < -0.3 is 15.8 Å². The van der Waals surface area contributed by atoms with Crippen molar-refractivity contribution in [3.05, 3.63) is 110 Å². The molecule has 4 aromatic rings. The third-order valence-electron chi connectivity index (χ3n) is 6.85. The van der Waals surface area contributed by atoms with E-state index < -0.39 is 0 Å². The summed E-state index contributed by atoms with van der Waals surface area (Å²) in [5.41, 5.74) is 15.0. The number of carbonyl (C=O) groups excluding carboxylic acids is 1. The summed E-state index contributed by atoms with van der Waals surface area (Å²) < 4.78 is 9.22. The molecule has 0 radical (unpaired) electrons. The molecule has 176 valence electrons. The first kappa shape index (κ1) is 22.0. The van der Waals surface area contributed by atoms with Crippen LogP contribution in [0.1, 0.15) is 67.2 Å². The molecule has 1 amide bonds. The topological polar surface area (TPSA) is 95.1 Å². The average molecular weight is 530 g/mol. The summed E-state index contributed by atoms with van der Waals surface area (Å²) in [6.45, 7) is 4.99. The van der Waals surface area contributed by atoms with E-state index in [-0.39, 0.29) is 18.1 Å². The molecule has 8 heteroatoms. The van der Waals surface area contributed by atoms with Crippen LogP contribution in [0.15, 0.2) is 59.3 Å². The fraction of sp³-hybridized carbons (Fsp3) is 0.222. The van der Waals surface area contributed by atoms with Crippen LogP contribution in [0.5, 0.6) is 0 Å². The van der Waals surface area contributed by atoms with Crippen LogP contribution in [0.25, 0.3) is 0 Å². The molecule has 0 saturated heterocycles. The van der Waals surface area contributed by atoms with Gasteiger partial charge >= 0.3 is 0 Å². The lowest BCUT2D eigenvalue weighted by Crippen LogP contribution is -2.24. The van der Waals surface area contributed by atoms with Crippen LogP contribution in [0.2, 0.25) is 0 Å². The number of nitrogens with zero attached hydrogens (tertiary/aromatic N) is 3. The lowest BCUT2D eigenvalue weighted by molar-refractivity contribution is 0.0857. The van der Waals surface area contributed by atoms with Crippen LogP contribution in [0, 0.1) is 13.8 Å². The van der Waals surface area contributed by atoms with Crippen LogP contribution in [0.3, 0.4) is 0 Å². The van der Waals surface area contributed by atoms with E-state index in [0.29, 0.717) is 24.5 Å². The molecule has 3 N–H and O–H groups in total. The van der Waals surface area contributed by atoms with Gasteiger partial charge in [0.2, 0.25) is 0 Å². The lowest BCUT2D eigenvalue weighted by atomic mass is 9.84. The third kappa shape index (κ3) is 3.83. The molecular weight excluding hydrogens is 506 g/mol. The second kappa shape index (κ2) is 8.32. The minimum Gasteiger partial charge on any atom is -0.384 e. The molecule has 0 spiro atoms. The van der Waals surface area contributed by atoms with E-state index in [4.69, 9.17) is 10.5 Å². The number of aryl methyl sites for hydroxylation is 2. The number of hydrogen-bond donors (Lipinski definition) is 2. The van der Waals surface area contributed by atoms with E-state index >= 15 is 0 Å². The highest BCUT2D eigenvalue weighted by molar-refractivity contribution is 9.10. The van der Waals surface area contributed by atoms with Gasteiger partial charge in [0.15, 0.2) is 0 Å². The molecule has 2 bridgehead atoms. The smallest absolute Gasteiger partial charge is 0.251 e. The summed E-state index contributed by atoms with van der Waals surface area (Å²) in [6, 6.07) is 14.2. The van der Waals surface area contributed by atoms with E-state index in [1.54, 1.807) is 6.20 Å². The predicted molar refractivity (Wildman–Crippen MR) is 136 cm³/mol. The van der Waals surface area contributed by atoms with Crippen molar-refractivity contribution in [1.29, 1.82) is 0 Å².